The van der Waals surface area contributed by atoms with E-state index >= 15 is 0 Å². The molecule has 0 bridgehead atoms. The van der Waals surface area contributed by atoms with Crippen LogP contribution >= 0.6 is 0 Å². The molecule has 1 N–H and O–H groups in total. The molecule has 0 aromatic heterocycles. The van der Waals surface area contributed by atoms with Crippen LogP contribution in [0.1, 0.15) is 23.1 Å². The normalized spacial score (nSPS) is 10.4. The second-order valence-electron chi connectivity index (χ2n) is 5.34. The van der Waals surface area contributed by atoms with Crippen molar-refractivity contribution in [2.24, 2.45) is 0 Å². The van der Waals surface area contributed by atoms with Crippen LogP contribution in [0.5, 0.6) is 0 Å². The molecule has 0 amide bonds. The van der Waals surface area contributed by atoms with Crippen molar-refractivity contribution in [2.45, 2.75) is 26.8 Å². The molecule has 0 saturated carbocycles. The van der Waals surface area contributed by atoms with E-state index in [2.05, 4.69) is 43.0 Å². The number of carboxylic acid groups (broad SMARTS) is 1. The van der Waals surface area contributed by atoms with Crippen LogP contribution in [0.3, 0.4) is 0 Å². The Balaban J connectivity index is 2.23. The largest absolute Gasteiger partial charge is 0.481 e. The summed E-state index contributed by atoms with van der Waals surface area (Å²) in [5.74, 6) is -0.766. The molecule has 0 aliphatic heterocycles. The highest BCUT2D eigenvalue weighted by Gasteiger charge is 2.11. The Kier molecular flexibility index (Phi) is 4.99. The Morgan fingerprint density at radius 2 is 1.86 bits per heavy atom. The van der Waals surface area contributed by atoms with Gasteiger partial charge in [-0.3, -0.25) is 4.79 Å². The zero-order chi connectivity index (χ0) is 15.2. The first-order chi connectivity index (χ1) is 10.1. The number of benzene rings is 2. The number of hydrogen-bond donors (Lipinski definition) is 1. The van der Waals surface area contributed by atoms with Crippen LogP contribution in [-0.2, 0) is 11.3 Å². The fourth-order valence-electron chi connectivity index (χ4n) is 2.46. The number of para-hydroxylation sites is 1. The van der Waals surface area contributed by atoms with E-state index in [1.54, 1.807) is 0 Å². The predicted molar refractivity (Wildman–Crippen MR) is 85.7 cm³/mol. The predicted octanol–water partition coefficient (Wildman–Crippen LogP) is 3.78. The third-order valence-electron chi connectivity index (χ3n) is 3.51. The van der Waals surface area contributed by atoms with Crippen molar-refractivity contribution in [3.8, 4) is 0 Å². The van der Waals surface area contributed by atoms with Crippen molar-refractivity contribution >= 4 is 11.7 Å². The van der Waals surface area contributed by atoms with Crippen molar-refractivity contribution in [1.82, 2.24) is 0 Å². The Hall–Kier alpha value is -2.29. The number of rotatable bonds is 6. The van der Waals surface area contributed by atoms with E-state index in [0.29, 0.717) is 6.54 Å². The lowest BCUT2D eigenvalue weighted by molar-refractivity contribution is -0.136. The van der Waals surface area contributed by atoms with E-state index in [1.807, 2.05) is 24.3 Å². The van der Waals surface area contributed by atoms with Crippen molar-refractivity contribution in [3.05, 3.63) is 65.2 Å². The third-order valence-corrected chi connectivity index (χ3v) is 3.51. The summed E-state index contributed by atoms with van der Waals surface area (Å²) in [5, 5.41) is 8.96. The maximum Gasteiger partial charge on any atom is 0.305 e. The molecule has 3 nitrogen and oxygen atoms in total. The fourth-order valence-corrected chi connectivity index (χ4v) is 2.46. The first-order valence-corrected chi connectivity index (χ1v) is 7.14. The number of carbonyl (C=O) groups is 1. The molecule has 0 saturated heterocycles. The van der Waals surface area contributed by atoms with Crippen LogP contribution in [0, 0.1) is 13.8 Å². The van der Waals surface area contributed by atoms with Gasteiger partial charge in [0, 0.05) is 18.8 Å². The lowest BCUT2D eigenvalue weighted by Gasteiger charge is -2.26. The first kappa shape index (κ1) is 15.1. The zero-order valence-electron chi connectivity index (χ0n) is 12.5. The van der Waals surface area contributed by atoms with Gasteiger partial charge in [0.25, 0.3) is 0 Å². The zero-order valence-corrected chi connectivity index (χ0v) is 12.5. The standard InChI is InChI=1S/C18H21NO2/c1-14-6-5-8-16(12-14)13-19(11-10-18(20)21)17-9-4-3-7-15(17)2/h3-9,12H,10-11,13H2,1-2H3,(H,20,21). The average Bonchev–Trinajstić information content (AvgIpc) is 2.44. The lowest BCUT2D eigenvalue weighted by atomic mass is 10.1. The number of aliphatic carboxylic acids is 1. The molecule has 21 heavy (non-hydrogen) atoms. The summed E-state index contributed by atoms with van der Waals surface area (Å²) in [6.45, 7) is 5.35. The summed E-state index contributed by atoms with van der Waals surface area (Å²) >= 11 is 0. The molecule has 0 aliphatic carbocycles. The molecule has 0 heterocycles. The van der Waals surface area contributed by atoms with Gasteiger partial charge in [0.2, 0.25) is 0 Å². The second kappa shape index (κ2) is 6.93. The first-order valence-electron chi connectivity index (χ1n) is 7.14. The van der Waals surface area contributed by atoms with Gasteiger partial charge in [-0.25, -0.2) is 0 Å². The van der Waals surface area contributed by atoms with Gasteiger partial charge in [0.15, 0.2) is 0 Å². The quantitative estimate of drug-likeness (QED) is 0.877. The van der Waals surface area contributed by atoms with Crippen molar-refractivity contribution in [1.29, 1.82) is 0 Å². The van der Waals surface area contributed by atoms with Crippen LogP contribution in [-0.4, -0.2) is 17.6 Å². The molecule has 110 valence electrons. The fraction of sp³-hybridized carbons (Fsp3) is 0.278. The molecule has 2 rings (SSSR count). The van der Waals surface area contributed by atoms with Crippen LogP contribution in [0.25, 0.3) is 0 Å². The monoisotopic (exact) mass is 283 g/mol. The summed E-state index contributed by atoms with van der Waals surface area (Å²) in [7, 11) is 0. The summed E-state index contributed by atoms with van der Waals surface area (Å²) < 4.78 is 0. The Labute approximate surface area is 125 Å². The maximum absolute atomic E-state index is 10.9. The Morgan fingerprint density at radius 1 is 1.10 bits per heavy atom. The summed E-state index contributed by atoms with van der Waals surface area (Å²) in [4.78, 5) is 13.0. The van der Waals surface area contributed by atoms with E-state index in [9.17, 15) is 4.79 Å². The SMILES string of the molecule is Cc1cccc(CN(CCC(=O)O)c2ccccc2C)c1. The third kappa shape index (κ3) is 4.35. The second-order valence-corrected chi connectivity index (χ2v) is 5.34. The highest BCUT2D eigenvalue weighted by atomic mass is 16.4. The molecule has 0 radical (unpaired) electrons. The molecule has 0 atom stereocenters. The molecule has 2 aromatic carbocycles. The summed E-state index contributed by atoms with van der Waals surface area (Å²) in [5.41, 5.74) is 4.68. The van der Waals surface area contributed by atoms with Gasteiger partial charge >= 0.3 is 5.97 Å². The molecular formula is C18H21NO2. The van der Waals surface area contributed by atoms with Crippen LogP contribution in [0.2, 0.25) is 0 Å². The van der Waals surface area contributed by atoms with Gasteiger partial charge in [-0.15, -0.1) is 0 Å². The van der Waals surface area contributed by atoms with Crippen LogP contribution in [0.15, 0.2) is 48.5 Å². The van der Waals surface area contributed by atoms with E-state index < -0.39 is 5.97 Å². The number of aryl methyl sites for hydroxylation is 2. The number of carboxylic acids is 1. The van der Waals surface area contributed by atoms with Gasteiger partial charge in [0.1, 0.15) is 0 Å². The van der Waals surface area contributed by atoms with Gasteiger partial charge < -0.3 is 10.0 Å². The summed E-state index contributed by atoms with van der Waals surface area (Å²) in [6, 6.07) is 16.4. The molecule has 0 spiro atoms. The van der Waals surface area contributed by atoms with E-state index in [4.69, 9.17) is 5.11 Å². The lowest BCUT2D eigenvalue weighted by Crippen LogP contribution is -2.26. The molecular weight excluding hydrogens is 262 g/mol. The minimum atomic E-state index is -0.766. The highest BCUT2D eigenvalue weighted by Crippen LogP contribution is 2.22. The van der Waals surface area contributed by atoms with E-state index in [1.165, 1.54) is 11.1 Å². The van der Waals surface area contributed by atoms with Gasteiger partial charge in [0.05, 0.1) is 6.42 Å². The smallest absolute Gasteiger partial charge is 0.305 e. The minimum Gasteiger partial charge on any atom is -0.481 e. The Morgan fingerprint density at radius 3 is 2.52 bits per heavy atom. The van der Waals surface area contributed by atoms with Gasteiger partial charge in [-0.05, 0) is 31.0 Å². The van der Waals surface area contributed by atoms with Crippen molar-refractivity contribution in [2.75, 3.05) is 11.4 Å². The molecule has 0 unspecified atom stereocenters. The highest BCUT2D eigenvalue weighted by molar-refractivity contribution is 5.68. The number of hydrogen-bond acceptors (Lipinski definition) is 2. The molecule has 0 fully saturated rings. The molecule has 2 aromatic rings. The topological polar surface area (TPSA) is 40.5 Å². The van der Waals surface area contributed by atoms with E-state index in [-0.39, 0.29) is 6.42 Å². The van der Waals surface area contributed by atoms with Crippen molar-refractivity contribution < 1.29 is 9.90 Å². The summed E-state index contributed by atoms with van der Waals surface area (Å²) in [6.07, 6.45) is 0.139. The van der Waals surface area contributed by atoms with Gasteiger partial charge in [-0.2, -0.15) is 0 Å². The molecule has 0 aliphatic rings. The number of anilines is 1. The van der Waals surface area contributed by atoms with Gasteiger partial charge in [-0.1, -0.05) is 48.0 Å². The van der Waals surface area contributed by atoms with Crippen LogP contribution < -0.4 is 4.90 Å². The van der Waals surface area contributed by atoms with Crippen molar-refractivity contribution in [3.63, 3.8) is 0 Å². The Bertz CT molecular complexity index is 622. The maximum atomic E-state index is 10.9. The van der Waals surface area contributed by atoms with E-state index in [0.717, 1.165) is 17.8 Å². The minimum absolute atomic E-state index is 0.139. The number of nitrogens with zero attached hydrogens (tertiary/aromatic N) is 1. The molecule has 3 heteroatoms. The average molecular weight is 283 g/mol. The van der Waals surface area contributed by atoms with Crippen LogP contribution in [0.4, 0.5) is 5.69 Å².